The Bertz CT molecular complexity index is 405. The molecule has 0 aliphatic carbocycles. The van der Waals surface area contributed by atoms with Crippen LogP contribution in [0, 0.1) is 11.3 Å². The minimum absolute atomic E-state index is 0.185. The van der Waals surface area contributed by atoms with E-state index in [4.69, 9.17) is 0 Å². The second-order valence-electron chi connectivity index (χ2n) is 6.32. The molecule has 1 unspecified atom stereocenters. The minimum atomic E-state index is 0.185. The van der Waals surface area contributed by atoms with Gasteiger partial charge in [0.2, 0.25) is 0 Å². The predicted molar refractivity (Wildman–Crippen MR) is 74.5 cm³/mol. The number of piperidine rings is 1. The Balaban J connectivity index is 2.08. The highest BCUT2D eigenvalue weighted by Gasteiger charge is 2.31. The Labute approximate surface area is 110 Å². The number of rotatable bonds is 1. The fraction of sp³-hybridized carbons (Fsp3) is 0.562. The first kappa shape index (κ1) is 13.1. The van der Waals surface area contributed by atoms with Gasteiger partial charge in [-0.05, 0) is 36.3 Å². The number of nitrogens with zero attached hydrogens (tertiary/aromatic N) is 1. The van der Waals surface area contributed by atoms with Gasteiger partial charge in [0.15, 0.2) is 0 Å². The Morgan fingerprint density at radius 3 is 2.50 bits per heavy atom. The van der Waals surface area contributed by atoms with Crippen molar-refractivity contribution in [1.29, 1.82) is 0 Å². The van der Waals surface area contributed by atoms with E-state index >= 15 is 0 Å². The van der Waals surface area contributed by atoms with Gasteiger partial charge in [-0.25, -0.2) is 0 Å². The van der Waals surface area contributed by atoms with Gasteiger partial charge in [0.05, 0.1) is 0 Å². The molecule has 1 aromatic carbocycles. The summed E-state index contributed by atoms with van der Waals surface area (Å²) in [4.78, 5) is 14.4. The van der Waals surface area contributed by atoms with Crippen LogP contribution >= 0.6 is 0 Å². The maximum absolute atomic E-state index is 12.4. The van der Waals surface area contributed by atoms with Crippen molar-refractivity contribution in [3.05, 3.63) is 35.9 Å². The molecule has 2 heteroatoms. The van der Waals surface area contributed by atoms with Gasteiger partial charge in [-0.2, -0.15) is 0 Å². The van der Waals surface area contributed by atoms with Crippen LogP contribution in [0.15, 0.2) is 30.3 Å². The molecule has 1 heterocycles. The van der Waals surface area contributed by atoms with Crippen LogP contribution < -0.4 is 0 Å². The second kappa shape index (κ2) is 5.13. The van der Waals surface area contributed by atoms with Gasteiger partial charge in [0.25, 0.3) is 5.91 Å². The van der Waals surface area contributed by atoms with Gasteiger partial charge in [-0.3, -0.25) is 4.79 Å². The number of carbonyl (C=O) groups is 1. The van der Waals surface area contributed by atoms with Crippen LogP contribution in [0.2, 0.25) is 0 Å². The van der Waals surface area contributed by atoms with E-state index in [1.807, 2.05) is 35.2 Å². The van der Waals surface area contributed by atoms with Crippen molar-refractivity contribution in [2.24, 2.45) is 11.3 Å². The molecule has 0 bridgehead atoms. The lowest BCUT2D eigenvalue weighted by Gasteiger charge is -2.39. The molecule has 1 aliphatic rings. The molecule has 2 nitrogen and oxygen atoms in total. The fourth-order valence-corrected chi connectivity index (χ4v) is 2.63. The quantitative estimate of drug-likeness (QED) is 0.740. The first-order valence-electron chi connectivity index (χ1n) is 6.83. The number of carbonyl (C=O) groups excluding carboxylic acids is 1. The van der Waals surface area contributed by atoms with E-state index in [9.17, 15) is 4.79 Å². The third kappa shape index (κ3) is 2.92. The lowest BCUT2D eigenvalue weighted by Crippen LogP contribution is -2.43. The second-order valence-corrected chi connectivity index (χ2v) is 6.32. The lowest BCUT2D eigenvalue weighted by atomic mass is 9.76. The number of benzene rings is 1. The molecule has 1 fully saturated rings. The topological polar surface area (TPSA) is 20.3 Å². The molecule has 0 aromatic heterocycles. The average Bonchev–Trinajstić information content (AvgIpc) is 2.38. The third-order valence-corrected chi connectivity index (χ3v) is 3.95. The van der Waals surface area contributed by atoms with Crippen molar-refractivity contribution in [2.75, 3.05) is 13.1 Å². The molecule has 0 saturated carbocycles. The Kier molecular flexibility index (Phi) is 3.74. The van der Waals surface area contributed by atoms with E-state index in [1.54, 1.807) is 0 Å². The van der Waals surface area contributed by atoms with E-state index in [1.165, 1.54) is 6.42 Å². The van der Waals surface area contributed by atoms with E-state index in [0.717, 1.165) is 25.1 Å². The molecule has 0 radical (unpaired) electrons. The van der Waals surface area contributed by atoms with Crippen LogP contribution in [0.25, 0.3) is 0 Å². The molecule has 98 valence electrons. The molecule has 1 saturated heterocycles. The average molecular weight is 245 g/mol. The zero-order chi connectivity index (χ0) is 13.2. The largest absolute Gasteiger partial charge is 0.338 e. The van der Waals surface area contributed by atoms with Crippen LogP contribution in [0.3, 0.4) is 0 Å². The predicted octanol–water partition coefficient (Wildman–Crippen LogP) is 3.58. The first-order chi connectivity index (χ1) is 8.48. The summed E-state index contributed by atoms with van der Waals surface area (Å²) < 4.78 is 0. The summed E-state index contributed by atoms with van der Waals surface area (Å²) in [7, 11) is 0. The summed E-state index contributed by atoms with van der Waals surface area (Å²) in [6.45, 7) is 8.62. The smallest absolute Gasteiger partial charge is 0.253 e. The van der Waals surface area contributed by atoms with Crippen LogP contribution in [-0.4, -0.2) is 23.9 Å². The molecule has 1 aliphatic heterocycles. The summed E-state index contributed by atoms with van der Waals surface area (Å²) in [6.07, 6.45) is 2.36. The fourth-order valence-electron chi connectivity index (χ4n) is 2.63. The van der Waals surface area contributed by atoms with Crippen molar-refractivity contribution in [2.45, 2.75) is 33.6 Å². The summed E-state index contributed by atoms with van der Waals surface area (Å²) in [6, 6.07) is 9.62. The van der Waals surface area contributed by atoms with E-state index in [0.29, 0.717) is 5.92 Å². The van der Waals surface area contributed by atoms with Crippen molar-refractivity contribution < 1.29 is 4.79 Å². The van der Waals surface area contributed by atoms with Crippen LogP contribution in [0.1, 0.15) is 44.0 Å². The van der Waals surface area contributed by atoms with Crippen molar-refractivity contribution in [3.8, 4) is 0 Å². The summed E-state index contributed by atoms with van der Waals surface area (Å²) >= 11 is 0. The summed E-state index contributed by atoms with van der Waals surface area (Å²) in [5.41, 5.74) is 1.10. The van der Waals surface area contributed by atoms with Crippen LogP contribution in [0.4, 0.5) is 0 Å². The molecule has 1 atom stereocenters. The minimum Gasteiger partial charge on any atom is -0.338 e. The van der Waals surface area contributed by atoms with Crippen LogP contribution in [-0.2, 0) is 0 Å². The monoisotopic (exact) mass is 245 g/mol. The third-order valence-electron chi connectivity index (χ3n) is 3.95. The molecule has 1 aromatic rings. The number of hydrogen-bond donors (Lipinski definition) is 0. The summed E-state index contributed by atoms with van der Waals surface area (Å²) in [5, 5.41) is 0. The molecule has 1 amide bonds. The molecular formula is C16H23NO. The SMILES string of the molecule is CC(C)(C)C1CCCN(C(=O)c2ccccc2)C1. The van der Waals surface area contributed by atoms with Gasteiger partial charge in [-0.1, -0.05) is 39.0 Å². The molecule has 0 N–H and O–H groups in total. The van der Waals surface area contributed by atoms with Gasteiger partial charge >= 0.3 is 0 Å². The van der Waals surface area contributed by atoms with Gasteiger partial charge in [-0.15, -0.1) is 0 Å². The summed E-state index contributed by atoms with van der Waals surface area (Å²) in [5.74, 6) is 0.795. The maximum atomic E-state index is 12.4. The zero-order valence-corrected chi connectivity index (χ0v) is 11.6. The first-order valence-corrected chi connectivity index (χ1v) is 6.83. The van der Waals surface area contributed by atoms with Gasteiger partial charge in [0, 0.05) is 18.7 Å². The molecule has 2 rings (SSSR count). The zero-order valence-electron chi connectivity index (χ0n) is 11.6. The van der Waals surface area contributed by atoms with Gasteiger partial charge < -0.3 is 4.90 Å². The highest BCUT2D eigenvalue weighted by atomic mass is 16.2. The van der Waals surface area contributed by atoms with E-state index in [-0.39, 0.29) is 11.3 Å². The van der Waals surface area contributed by atoms with Crippen molar-refractivity contribution in [3.63, 3.8) is 0 Å². The lowest BCUT2D eigenvalue weighted by molar-refractivity contribution is 0.0563. The standard InChI is InChI=1S/C16H23NO/c1-16(2,3)14-10-7-11-17(12-14)15(18)13-8-5-4-6-9-13/h4-6,8-9,14H,7,10-12H2,1-3H3. The normalized spacial score (nSPS) is 20.8. The number of likely N-dealkylation sites (tertiary alicyclic amines) is 1. The van der Waals surface area contributed by atoms with E-state index in [2.05, 4.69) is 20.8 Å². The number of hydrogen-bond acceptors (Lipinski definition) is 1. The highest BCUT2D eigenvalue weighted by molar-refractivity contribution is 5.94. The molecule has 0 spiro atoms. The van der Waals surface area contributed by atoms with E-state index < -0.39 is 0 Å². The van der Waals surface area contributed by atoms with Crippen molar-refractivity contribution in [1.82, 2.24) is 4.90 Å². The van der Waals surface area contributed by atoms with Gasteiger partial charge in [0.1, 0.15) is 0 Å². The Hall–Kier alpha value is -1.31. The highest BCUT2D eigenvalue weighted by Crippen LogP contribution is 2.33. The molecular weight excluding hydrogens is 222 g/mol. The van der Waals surface area contributed by atoms with Crippen molar-refractivity contribution >= 4 is 5.91 Å². The maximum Gasteiger partial charge on any atom is 0.253 e. The molecule has 18 heavy (non-hydrogen) atoms. The Morgan fingerprint density at radius 2 is 1.89 bits per heavy atom. The van der Waals surface area contributed by atoms with Crippen LogP contribution in [0.5, 0.6) is 0 Å². The number of amides is 1. The Morgan fingerprint density at radius 1 is 1.22 bits per heavy atom.